The summed E-state index contributed by atoms with van der Waals surface area (Å²) in [6.07, 6.45) is 0. The fraction of sp³-hybridized carbons (Fsp3) is 0.190. The minimum atomic E-state index is -0.452. The molecule has 2 N–H and O–H groups in total. The normalized spacial score (nSPS) is 10.7. The summed E-state index contributed by atoms with van der Waals surface area (Å²) in [6, 6.07) is 14.9. The van der Waals surface area contributed by atoms with Gasteiger partial charge in [-0.05, 0) is 36.4 Å². The van der Waals surface area contributed by atoms with Crippen LogP contribution in [0.15, 0.2) is 63.8 Å². The van der Waals surface area contributed by atoms with E-state index < -0.39 is 5.63 Å². The van der Waals surface area contributed by atoms with E-state index in [0.717, 1.165) is 5.39 Å². The average Bonchev–Trinajstić information content (AvgIpc) is 2.66. The van der Waals surface area contributed by atoms with Crippen molar-refractivity contribution in [3.05, 3.63) is 65.0 Å². The smallest absolute Gasteiger partial charge is 0.336 e. The van der Waals surface area contributed by atoms with Crippen LogP contribution in [0.4, 0.5) is 11.4 Å². The van der Waals surface area contributed by atoms with Gasteiger partial charge in [-0.15, -0.1) is 0 Å². The number of benzene rings is 2. The highest BCUT2D eigenvalue weighted by molar-refractivity contribution is 5.95. The molecule has 2 aromatic carbocycles. The summed E-state index contributed by atoms with van der Waals surface area (Å²) in [6.45, 7) is 3.39. The first kappa shape index (κ1) is 19.2. The van der Waals surface area contributed by atoms with Gasteiger partial charge < -0.3 is 19.8 Å². The van der Waals surface area contributed by atoms with E-state index in [4.69, 9.17) is 9.15 Å². The van der Waals surface area contributed by atoms with Crippen molar-refractivity contribution in [2.75, 3.05) is 17.2 Å². The molecule has 0 fully saturated rings. The van der Waals surface area contributed by atoms with Gasteiger partial charge in [0.15, 0.2) is 6.61 Å². The lowest BCUT2D eigenvalue weighted by molar-refractivity contribution is -0.119. The van der Waals surface area contributed by atoms with Crippen molar-refractivity contribution < 1.29 is 18.7 Å². The second-order valence-corrected chi connectivity index (χ2v) is 6.52. The van der Waals surface area contributed by atoms with E-state index in [1.165, 1.54) is 6.07 Å². The van der Waals surface area contributed by atoms with E-state index in [1.54, 1.807) is 62.4 Å². The number of hydrogen-bond donors (Lipinski definition) is 2. The maximum atomic E-state index is 12.1. The molecule has 0 saturated heterocycles. The molecule has 0 radical (unpaired) electrons. The summed E-state index contributed by atoms with van der Waals surface area (Å²) in [4.78, 5) is 35.2. The molecule has 0 unspecified atom stereocenters. The van der Waals surface area contributed by atoms with E-state index in [-0.39, 0.29) is 24.3 Å². The molecule has 0 saturated carbocycles. The minimum absolute atomic E-state index is 0.102. The molecule has 0 aliphatic carbocycles. The molecule has 0 bridgehead atoms. The Bertz CT molecular complexity index is 1070. The maximum Gasteiger partial charge on any atom is 0.336 e. The Morgan fingerprint density at radius 1 is 1.00 bits per heavy atom. The Hall–Kier alpha value is -3.61. The molecule has 3 aromatic rings. The molecule has 0 aliphatic heterocycles. The van der Waals surface area contributed by atoms with Crippen LogP contribution in [0.5, 0.6) is 5.75 Å². The lowest BCUT2D eigenvalue weighted by Crippen LogP contribution is -2.21. The molecule has 3 rings (SSSR count). The molecule has 0 aliphatic rings. The standard InChI is InChI=1S/C21H20N2O5/c1-13(2)21(26)23-16-5-3-4-15(10-16)22-19(24)12-27-17-8-6-14-7-9-20(25)28-18(14)11-17/h3-11,13H,12H2,1-2H3,(H,22,24)(H,23,26). The van der Waals surface area contributed by atoms with Crippen molar-refractivity contribution in [2.24, 2.45) is 5.92 Å². The number of fused-ring (bicyclic) bond motifs is 1. The molecule has 7 nitrogen and oxygen atoms in total. The molecule has 144 valence electrons. The molecule has 1 aromatic heterocycles. The topological polar surface area (TPSA) is 97.6 Å². The van der Waals surface area contributed by atoms with Gasteiger partial charge in [-0.2, -0.15) is 0 Å². The zero-order valence-corrected chi connectivity index (χ0v) is 15.5. The number of anilines is 2. The molecule has 2 amide bonds. The van der Waals surface area contributed by atoms with Gasteiger partial charge in [0.05, 0.1) is 0 Å². The Balaban J connectivity index is 1.60. The Labute approximate surface area is 161 Å². The SMILES string of the molecule is CC(C)C(=O)Nc1cccc(NC(=O)COc2ccc3ccc(=O)oc3c2)c1. The van der Waals surface area contributed by atoms with Crippen LogP contribution in [-0.2, 0) is 9.59 Å². The van der Waals surface area contributed by atoms with Crippen molar-refractivity contribution in [1.82, 2.24) is 0 Å². The van der Waals surface area contributed by atoms with Gasteiger partial charge in [0.1, 0.15) is 11.3 Å². The van der Waals surface area contributed by atoms with Crippen LogP contribution in [0, 0.1) is 5.92 Å². The summed E-state index contributed by atoms with van der Waals surface area (Å²) >= 11 is 0. The van der Waals surface area contributed by atoms with E-state index in [9.17, 15) is 14.4 Å². The largest absolute Gasteiger partial charge is 0.484 e. The predicted molar refractivity (Wildman–Crippen MR) is 107 cm³/mol. The van der Waals surface area contributed by atoms with Gasteiger partial charge >= 0.3 is 5.63 Å². The van der Waals surface area contributed by atoms with E-state index in [1.807, 2.05) is 0 Å². The molecule has 7 heteroatoms. The average molecular weight is 380 g/mol. The van der Waals surface area contributed by atoms with Crippen molar-refractivity contribution in [3.8, 4) is 5.75 Å². The second-order valence-electron chi connectivity index (χ2n) is 6.52. The summed E-state index contributed by atoms with van der Waals surface area (Å²) in [5.74, 6) is -0.190. The van der Waals surface area contributed by atoms with Gasteiger partial charge in [0.25, 0.3) is 5.91 Å². The quantitative estimate of drug-likeness (QED) is 0.639. The number of ether oxygens (including phenoxy) is 1. The zero-order valence-electron chi connectivity index (χ0n) is 15.5. The highest BCUT2D eigenvalue weighted by Gasteiger charge is 2.09. The number of carbonyl (C=O) groups is 2. The van der Waals surface area contributed by atoms with Gasteiger partial charge in [-0.25, -0.2) is 4.79 Å². The molecule has 0 atom stereocenters. The van der Waals surface area contributed by atoms with Crippen LogP contribution in [0.3, 0.4) is 0 Å². The minimum Gasteiger partial charge on any atom is -0.484 e. The second kappa shape index (κ2) is 8.39. The maximum absolute atomic E-state index is 12.1. The Morgan fingerprint density at radius 3 is 2.46 bits per heavy atom. The van der Waals surface area contributed by atoms with Gasteiger partial charge in [-0.3, -0.25) is 9.59 Å². The monoisotopic (exact) mass is 380 g/mol. The first-order valence-corrected chi connectivity index (χ1v) is 8.78. The third-order valence-electron chi connectivity index (χ3n) is 3.90. The first-order valence-electron chi connectivity index (χ1n) is 8.78. The third-order valence-corrected chi connectivity index (χ3v) is 3.90. The highest BCUT2D eigenvalue weighted by Crippen LogP contribution is 2.20. The van der Waals surface area contributed by atoms with Gasteiger partial charge in [0, 0.05) is 34.8 Å². The predicted octanol–water partition coefficient (Wildman–Crippen LogP) is 3.41. The van der Waals surface area contributed by atoms with E-state index in [2.05, 4.69) is 10.6 Å². The van der Waals surface area contributed by atoms with Crippen LogP contribution < -0.4 is 21.0 Å². The van der Waals surface area contributed by atoms with Crippen LogP contribution in [-0.4, -0.2) is 18.4 Å². The molecular formula is C21H20N2O5. The summed E-state index contributed by atoms with van der Waals surface area (Å²) in [5, 5.41) is 6.25. The van der Waals surface area contributed by atoms with Crippen molar-refractivity contribution in [3.63, 3.8) is 0 Å². The molecule has 1 heterocycles. The van der Waals surface area contributed by atoms with Crippen LogP contribution in [0.2, 0.25) is 0 Å². The lowest BCUT2D eigenvalue weighted by atomic mass is 10.2. The molecule has 0 spiro atoms. The fourth-order valence-electron chi connectivity index (χ4n) is 2.44. The summed E-state index contributed by atoms with van der Waals surface area (Å²) < 4.78 is 10.6. The number of amides is 2. The van der Waals surface area contributed by atoms with Gasteiger partial charge in [0.2, 0.25) is 5.91 Å². The Morgan fingerprint density at radius 2 is 1.71 bits per heavy atom. The van der Waals surface area contributed by atoms with Crippen molar-refractivity contribution >= 4 is 34.2 Å². The third kappa shape index (κ3) is 4.97. The molecular weight excluding hydrogens is 360 g/mol. The van der Waals surface area contributed by atoms with Crippen molar-refractivity contribution in [1.29, 1.82) is 0 Å². The van der Waals surface area contributed by atoms with E-state index >= 15 is 0 Å². The van der Waals surface area contributed by atoms with Crippen LogP contribution in [0.25, 0.3) is 11.0 Å². The van der Waals surface area contributed by atoms with Crippen LogP contribution in [0.1, 0.15) is 13.8 Å². The van der Waals surface area contributed by atoms with Gasteiger partial charge in [-0.1, -0.05) is 19.9 Å². The Kier molecular flexibility index (Phi) is 5.74. The van der Waals surface area contributed by atoms with Crippen LogP contribution >= 0.6 is 0 Å². The first-order chi connectivity index (χ1) is 13.4. The number of rotatable bonds is 6. The summed E-state index contributed by atoms with van der Waals surface area (Å²) in [7, 11) is 0. The fourth-order valence-corrected chi connectivity index (χ4v) is 2.44. The summed E-state index contributed by atoms with van der Waals surface area (Å²) in [5.41, 5.74) is 1.08. The van der Waals surface area contributed by atoms with E-state index in [0.29, 0.717) is 22.7 Å². The van der Waals surface area contributed by atoms with Crippen molar-refractivity contribution in [2.45, 2.75) is 13.8 Å². The molecule has 28 heavy (non-hydrogen) atoms. The lowest BCUT2D eigenvalue weighted by Gasteiger charge is -2.11. The number of carbonyl (C=O) groups excluding carboxylic acids is 2. The number of hydrogen-bond acceptors (Lipinski definition) is 5. The zero-order chi connectivity index (χ0) is 20.1. The number of nitrogens with one attached hydrogen (secondary N) is 2. The highest BCUT2D eigenvalue weighted by atomic mass is 16.5.